The van der Waals surface area contributed by atoms with Crippen LogP contribution in [0.2, 0.25) is 0 Å². The molecule has 110 valence electrons. The molecule has 0 saturated heterocycles. The second-order valence-electron chi connectivity index (χ2n) is 5.60. The molecule has 2 atom stereocenters. The van der Waals surface area contributed by atoms with Gasteiger partial charge in [-0.05, 0) is 25.2 Å². The van der Waals surface area contributed by atoms with Crippen molar-refractivity contribution in [2.75, 3.05) is 14.2 Å². The predicted octanol–water partition coefficient (Wildman–Crippen LogP) is 2.53. The molecule has 1 saturated carbocycles. The number of nitrogens with zero attached hydrogens (tertiary/aromatic N) is 1. The Hall–Kier alpha value is -1.78. The third-order valence-electron chi connectivity index (χ3n) is 4.18. The Bertz CT molecular complexity index is 503. The van der Waals surface area contributed by atoms with E-state index in [1.54, 1.807) is 26.5 Å². The number of carbonyl (C=O) groups is 1. The zero-order chi connectivity index (χ0) is 14.8. The van der Waals surface area contributed by atoms with Crippen molar-refractivity contribution in [2.45, 2.75) is 32.6 Å². The van der Waals surface area contributed by atoms with Crippen molar-refractivity contribution in [1.82, 2.24) is 4.98 Å². The first-order valence-corrected chi connectivity index (χ1v) is 6.81. The van der Waals surface area contributed by atoms with Gasteiger partial charge in [-0.25, -0.2) is 0 Å². The van der Waals surface area contributed by atoms with Crippen molar-refractivity contribution in [2.24, 2.45) is 11.3 Å². The minimum atomic E-state index is -0.742. The number of carboxylic acids is 1. The molecule has 2 rings (SSSR count). The van der Waals surface area contributed by atoms with Crippen molar-refractivity contribution in [1.29, 1.82) is 0 Å². The molecule has 5 nitrogen and oxygen atoms in total. The van der Waals surface area contributed by atoms with Crippen LogP contribution < -0.4 is 9.47 Å². The smallest absolute Gasteiger partial charge is 0.310 e. The van der Waals surface area contributed by atoms with Crippen LogP contribution in [0.25, 0.3) is 0 Å². The fourth-order valence-electron chi connectivity index (χ4n) is 3.12. The topological polar surface area (TPSA) is 68.7 Å². The summed E-state index contributed by atoms with van der Waals surface area (Å²) in [6.45, 7) is 2.10. The molecule has 0 amide bonds. The Morgan fingerprint density at radius 2 is 2.25 bits per heavy atom. The minimum absolute atomic E-state index is 0.382. The molecule has 1 aromatic rings. The van der Waals surface area contributed by atoms with Crippen LogP contribution in [-0.2, 0) is 11.2 Å². The maximum atomic E-state index is 11.7. The lowest BCUT2D eigenvalue weighted by atomic mass is 9.80. The highest BCUT2D eigenvalue weighted by Gasteiger charge is 2.45. The van der Waals surface area contributed by atoms with Crippen LogP contribution in [0.5, 0.6) is 11.5 Å². The van der Waals surface area contributed by atoms with Crippen LogP contribution in [0.1, 0.15) is 31.9 Å². The van der Waals surface area contributed by atoms with Gasteiger partial charge < -0.3 is 14.6 Å². The van der Waals surface area contributed by atoms with E-state index in [0.717, 1.165) is 6.42 Å². The molecule has 1 aromatic heterocycles. The van der Waals surface area contributed by atoms with Crippen LogP contribution >= 0.6 is 0 Å². The number of hydrogen-bond acceptors (Lipinski definition) is 4. The maximum Gasteiger partial charge on any atom is 0.310 e. The average Bonchev–Trinajstić information content (AvgIpc) is 2.81. The molecule has 2 unspecified atom stereocenters. The van der Waals surface area contributed by atoms with Crippen LogP contribution in [0, 0.1) is 11.3 Å². The number of rotatable bonds is 5. The second kappa shape index (κ2) is 5.69. The fraction of sp³-hybridized carbons (Fsp3) is 0.600. The van der Waals surface area contributed by atoms with E-state index < -0.39 is 11.4 Å². The summed E-state index contributed by atoms with van der Waals surface area (Å²) in [5, 5.41) is 9.63. The Morgan fingerprint density at radius 1 is 1.50 bits per heavy atom. The summed E-state index contributed by atoms with van der Waals surface area (Å²) in [6, 6.07) is 1.72. The summed E-state index contributed by atoms with van der Waals surface area (Å²) in [6.07, 6.45) is 4.33. The standard InChI is InChI=1S/C15H21NO4/c1-10-4-6-15(8-10,14(17)18)9-11-13(20-3)12(19-2)5-7-16-11/h5,7,10H,4,6,8-9H2,1-3H3,(H,17,18). The van der Waals surface area contributed by atoms with Gasteiger partial charge in [0, 0.05) is 18.7 Å². The van der Waals surface area contributed by atoms with Gasteiger partial charge in [0.15, 0.2) is 11.5 Å². The highest BCUT2D eigenvalue weighted by molar-refractivity contribution is 5.75. The molecular weight excluding hydrogens is 258 g/mol. The molecule has 0 bridgehead atoms. The largest absolute Gasteiger partial charge is 0.493 e. The van der Waals surface area contributed by atoms with E-state index in [4.69, 9.17) is 9.47 Å². The lowest BCUT2D eigenvalue weighted by molar-refractivity contribution is -0.148. The third-order valence-corrected chi connectivity index (χ3v) is 4.18. The molecule has 1 aliphatic rings. The highest BCUT2D eigenvalue weighted by atomic mass is 16.5. The predicted molar refractivity (Wildman–Crippen MR) is 74.1 cm³/mol. The Kier molecular flexibility index (Phi) is 4.16. The van der Waals surface area contributed by atoms with E-state index in [-0.39, 0.29) is 0 Å². The van der Waals surface area contributed by atoms with Gasteiger partial charge in [-0.15, -0.1) is 0 Å². The van der Waals surface area contributed by atoms with Crippen molar-refractivity contribution >= 4 is 5.97 Å². The van der Waals surface area contributed by atoms with E-state index in [1.807, 2.05) is 0 Å². The lowest BCUT2D eigenvalue weighted by Crippen LogP contribution is -2.31. The summed E-state index contributed by atoms with van der Waals surface area (Å²) >= 11 is 0. The number of hydrogen-bond donors (Lipinski definition) is 1. The maximum absolute atomic E-state index is 11.7. The molecular formula is C15H21NO4. The molecule has 20 heavy (non-hydrogen) atoms. The van der Waals surface area contributed by atoms with Gasteiger partial charge in [-0.2, -0.15) is 0 Å². The van der Waals surface area contributed by atoms with Gasteiger partial charge in [0.2, 0.25) is 0 Å². The number of aliphatic carboxylic acids is 1. The molecule has 1 fully saturated rings. The first-order chi connectivity index (χ1) is 9.52. The first kappa shape index (κ1) is 14.6. The molecule has 0 aromatic carbocycles. The van der Waals surface area contributed by atoms with Crippen LogP contribution in [0.3, 0.4) is 0 Å². The zero-order valence-electron chi connectivity index (χ0n) is 12.2. The fourth-order valence-corrected chi connectivity index (χ4v) is 3.12. The molecule has 1 heterocycles. The number of carboxylic acid groups (broad SMARTS) is 1. The van der Waals surface area contributed by atoms with Crippen LogP contribution in [0.4, 0.5) is 0 Å². The summed E-state index contributed by atoms with van der Waals surface area (Å²) < 4.78 is 10.6. The summed E-state index contributed by atoms with van der Waals surface area (Å²) in [7, 11) is 3.11. The van der Waals surface area contributed by atoms with Gasteiger partial charge in [-0.3, -0.25) is 9.78 Å². The van der Waals surface area contributed by atoms with E-state index in [1.165, 1.54) is 0 Å². The van der Waals surface area contributed by atoms with Gasteiger partial charge in [0.25, 0.3) is 0 Å². The molecule has 0 aliphatic heterocycles. The van der Waals surface area contributed by atoms with Crippen molar-refractivity contribution in [3.8, 4) is 11.5 Å². The Morgan fingerprint density at radius 3 is 2.75 bits per heavy atom. The number of ether oxygens (including phenoxy) is 2. The summed E-state index contributed by atoms with van der Waals surface area (Å²) in [5.41, 5.74) is -0.0742. The number of aromatic nitrogens is 1. The van der Waals surface area contributed by atoms with Gasteiger partial charge in [0.05, 0.1) is 25.3 Å². The monoisotopic (exact) mass is 279 g/mol. The van der Waals surface area contributed by atoms with Gasteiger partial charge >= 0.3 is 5.97 Å². The van der Waals surface area contributed by atoms with E-state index in [9.17, 15) is 9.90 Å². The number of pyridine rings is 1. The van der Waals surface area contributed by atoms with Crippen molar-refractivity contribution < 1.29 is 19.4 Å². The quantitative estimate of drug-likeness (QED) is 0.897. The average molecular weight is 279 g/mol. The van der Waals surface area contributed by atoms with E-state index in [0.29, 0.717) is 42.4 Å². The Labute approximate surface area is 118 Å². The molecule has 1 N–H and O–H groups in total. The highest BCUT2D eigenvalue weighted by Crippen LogP contribution is 2.46. The van der Waals surface area contributed by atoms with E-state index in [2.05, 4.69) is 11.9 Å². The van der Waals surface area contributed by atoms with E-state index >= 15 is 0 Å². The van der Waals surface area contributed by atoms with Crippen molar-refractivity contribution in [3.63, 3.8) is 0 Å². The minimum Gasteiger partial charge on any atom is -0.493 e. The third kappa shape index (κ3) is 2.57. The molecule has 0 spiro atoms. The Balaban J connectivity index is 2.35. The van der Waals surface area contributed by atoms with Gasteiger partial charge in [-0.1, -0.05) is 6.92 Å². The van der Waals surface area contributed by atoms with Crippen LogP contribution in [-0.4, -0.2) is 30.3 Å². The van der Waals surface area contributed by atoms with Crippen molar-refractivity contribution in [3.05, 3.63) is 18.0 Å². The summed E-state index contributed by atoms with van der Waals surface area (Å²) in [5.74, 6) is 0.815. The first-order valence-electron chi connectivity index (χ1n) is 6.81. The molecule has 1 aliphatic carbocycles. The molecule has 0 radical (unpaired) electrons. The SMILES string of the molecule is COc1ccnc(CC2(C(=O)O)CCC(C)C2)c1OC. The summed E-state index contributed by atoms with van der Waals surface area (Å²) in [4.78, 5) is 16.0. The normalized spacial score (nSPS) is 25.4. The number of methoxy groups -OCH3 is 2. The van der Waals surface area contributed by atoms with Crippen LogP contribution in [0.15, 0.2) is 12.3 Å². The van der Waals surface area contributed by atoms with Gasteiger partial charge in [0.1, 0.15) is 0 Å². The lowest BCUT2D eigenvalue weighted by Gasteiger charge is -2.25. The molecule has 5 heteroatoms. The second-order valence-corrected chi connectivity index (χ2v) is 5.60. The zero-order valence-corrected chi connectivity index (χ0v) is 12.2.